The Morgan fingerprint density at radius 2 is 1.90 bits per heavy atom. The molecule has 0 bridgehead atoms. The van der Waals surface area contributed by atoms with Gasteiger partial charge >= 0.3 is 0 Å². The molecule has 0 saturated carbocycles. The van der Waals surface area contributed by atoms with Crippen molar-refractivity contribution >= 4 is 29.1 Å². The lowest BCUT2D eigenvalue weighted by molar-refractivity contribution is 0.0742. The van der Waals surface area contributed by atoms with Gasteiger partial charge in [0.1, 0.15) is 5.15 Å². The fourth-order valence-corrected chi connectivity index (χ4v) is 2.43. The fourth-order valence-electron chi connectivity index (χ4n) is 1.93. The average Bonchev–Trinajstić information content (AvgIpc) is 2.46. The topological polar surface area (TPSA) is 33.2 Å². The molecule has 2 rings (SSSR count). The molecule has 0 spiro atoms. The Morgan fingerprint density at radius 1 is 1.20 bits per heavy atom. The van der Waals surface area contributed by atoms with E-state index in [9.17, 15) is 4.79 Å². The number of amides is 1. The van der Waals surface area contributed by atoms with E-state index in [0.29, 0.717) is 10.6 Å². The van der Waals surface area contributed by atoms with E-state index in [1.165, 1.54) is 0 Å². The van der Waals surface area contributed by atoms with Gasteiger partial charge in [-0.2, -0.15) is 0 Å². The molecular weight excluding hydrogens is 295 g/mol. The molecule has 3 nitrogen and oxygen atoms in total. The molecule has 2 aromatic rings. The Labute approximate surface area is 128 Å². The molecule has 1 unspecified atom stereocenters. The highest BCUT2D eigenvalue weighted by Crippen LogP contribution is 2.27. The van der Waals surface area contributed by atoms with Crippen LogP contribution >= 0.6 is 23.2 Å². The van der Waals surface area contributed by atoms with Gasteiger partial charge in [0.05, 0.1) is 11.6 Å². The van der Waals surface area contributed by atoms with Crippen molar-refractivity contribution < 1.29 is 4.79 Å². The summed E-state index contributed by atoms with van der Waals surface area (Å²) in [6.07, 6.45) is 1.55. The van der Waals surface area contributed by atoms with Crippen LogP contribution in [0.4, 0.5) is 0 Å². The van der Waals surface area contributed by atoms with Crippen LogP contribution in [0.3, 0.4) is 0 Å². The second-order valence-corrected chi connectivity index (χ2v) is 5.22. The minimum atomic E-state index is -0.185. The second kappa shape index (κ2) is 6.25. The highest BCUT2D eigenvalue weighted by atomic mass is 35.5. The molecule has 1 aromatic heterocycles. The van der Waals surface area contributed by atoms with Crippen molar-refractivity contribution in [3.63, 3.8) is 0 Å². The number of hydrogen-bond donors (Lipinski definition) is 0. The molecule has 20 heavy (non-hydrogen) atoms. The molecule has 0 aliphatic rings. The smallest absolute Gasteiger partial charge is 0.257 e. The van der Waals surface area contributed by atoms with E-state index < -0.39 is 0 Å². The molecule has 0 radical (unpaired) electrons. The maximum absolute atomic E-state index is 12.4. The van der Waals surface area contributed by atoms with E-state index >= 15 is 0 Å². The molecule has 0 saturated heterocycles. The van der Waals surface area contributed by atoms with E-state index in [-0.39, 0.29) is 17.1 Å². The number of hydrogen-bond acceptors (Lipinski definition) is 2. The quantitative estimate of drug-likeness (QED) is 0.795. The van der Waals surface area contributed by atoms with Crippen LogP contribution in [0.1, 0.15) is 28.9 Å². The molecule has 104 valence electrons. The molecule has 1 amide bonds. The van der Waals surface area contributed by atoms with Crippen LogP contribution in [0.2, 0.25) is 10.2 Å². The first-order valence-corrected chi connectivity index (χ1v) is 6.90. The maximum atomic E-state index is 12.4. The number of benzene rings is 1. The number of halogens is 2. The van der Waals surface area contributed by atoms with Crippen LogP contribution in [-0.4, -0.2) is 22.8 Å². The van der Waals surface area contributed by atoms with Crippen molar-refractivity contribution in [3.8, 4) is 0 Å². The lowest BCUT2D eigenvalue weighted by Gasteiger charge is -2.26. The van der Waals surface area contributed by atoms with Gasteiger partial charge < -0.3 is 4.90 Å². The van der Waals surface area contributed by atoms with Crippen molar-refractivity contribution in [2.45, 2.75) is 13.0 Å². The molecule has 1 heterocycles. The van der Waals surface area contributed by atoms with Crippen LogP contribution in [0.5, 0.6) is 0 Å². The Hall–Kier alpha value is -1.58. The maximum Gasteiger partial charge on any atom is 0.257 e. The number of carbonyl (C=O) groups excluding carboxylic acids is 1. The molecule has 5 heteroatoms. The van der Waals surface area contributed by atoms with Crippen molar-refractivity contribution in [2.24, 2.45) is 0 Å². The number of aromatic nitrogens is 1. The van der Waals surface area contributed by atoms with Crippen molar-refractivity contribution in [1.29, 1.82) is 0 Å². The van der Waals surface area contributed by atoms with Gasteiger partial charge in [0.15, 0.2) is 0 Å². The number of pyridine rings is 1. The third-order valence-corrected chi connectivity index (χ3v) is 3.89. The lowest BCUT2D eigenvalue weighted by Crippen LogP contribution is -2.30. The first-order valence-electron chi connectivity index (χ1n) is 6.14. The molecular formula is C15H14Cl2N2O. The Kier molecular flexibility index (Phi) is 4.63. The van der Waals surface area contributed by atoms with Gasteiger partial charge in [-0.05, 0) is 30.7 Å². The summed E-state index contributed by atoms with van der Waals surface area (Å²) in [6.45, 7) is 1.92. The minimum absolute atomic E-state index is 0.160. The van der Waals surface area contributed by atoms with Crippen molar-refractivity contribution in [3.05, 3.63) is 63.9 Å². The third-order valence-electron chi connectivity index (χ3n) is 3.25. The molecule has 0 aliphatic carbocycles. The summed E-state index contributed by atoms with van der Waals surface area (Å²) < 4.78 is 0. The number of rotatable bonds is 3. The summed E-state index contributed by atoms with van der Waals surface area (Å²) in [7, 11) is 1.72. The van der Waals surface area contributed by atoms with Crippen LogP contribution in [0.15, 0.2) is 42.6 Å². The van der Waals surface area contributed by atoms with Gasteiger partial charge in [-0.3, -0.25) is 4.79 Å². The largest absolute Gasteiger partial charge is 0.335 e. The zero-order valence-corrected chi connectivity index (χ0v) is 12.7. The van der Waals surface area contributed by atoms with Gasteiger partial charge in [-0.1, -0.05) is 41.4 Å². The van der Waals surface area contributed by atoms with Crippen LogP contribution in [0.25, 0.3) is 0 Å². The fraction of sp³-hybridized carbons (Fsp3) is 0.200. The zero-order chi connectivity index (χ0) is 14.7. The highest BCUT2D eigenvalue weighted by Gasteiger charge is 2.22. The van der Waals surface area contributed by atoms with Gasteiger partial charge in [0.2, 0.25) is 0 Å². The number of nitrogens with zero attached hydrogens (tertiary/aromatic N) is 2. The summed E-state index contributed by atoms with van der Waals surface area (Å²) >= 11 is 12.1. The third kappa shape index (κ3) is 2.94. The predicted octanol–water partition coefficient (Wildman–Crippen LogP) is 4.22. The summed E-state index contributed by atoms with van der Waals surface area (Å²) in [5.41, 5.74) is 1.28. The molecule has 0 aliphatic heterocycles. The van der Waals surface area contributed by atoms with E-state index in [1.54, 1.807) is 30.3 Å². The van der Waals surface area contributed by atoms with Gasteiger partial charge in [-0.25, -0.2) is 4.98 Å². The Morgan fingerprint density at radius 3 is 2.55 bits per heavy atom. The van der Waals surface area contributed by atoms with E-state index in [2.05, 4.69) is 4.98 Å². The summed E-state index contributed by atoms with van der Waals surface area (Å²) in [4.78, 5) is 18.0. The molecule has 0 N–H and O–H groups in total. The molecule has 1 atom stereocenters. The van der Waals surface area contributed by atoms with Gasteiger partial charge in [-0.15, -0.1) is 0 Å². The molecule has 0 fully saturated rings. The first kappa shape index (κ1) is 14.8. The molecule has 1 aromatic carbocycles. The minimum Gasteiger partial charge on any atom is -0.335 e. The monoisotopic (exact) mass is 308 g/mol. The van der Waals surface area contributed by atoms with E-state index in [4.69, 9.17) is 23.2 Å². The average molecular weight is 309 g/mol. The van der Waals surface area contributed by atoms with E-state index in [0.717, 1.165) is 5.56 Å². The highest BCUT2D eigenvalue weighted by molar-refractivity contribution is 6.32. The van der Waals surface area contributed by atoms with Crippen LogP contribution in [0, 0.1) is 0 Å². The lowest BCUT2D eigenvalue weighted by atomic mass is 10.1. The second-order valence-electron chi connectivity index (χ2n) is 4.46. The number of carbonyl (C=O) groups is 1. The van der Waals surface area contributed by atoms with Crippen LogP contribution < -0.4 is 0 Å². The zero-order valence-electron chi connectivity index (χ0n) is 11.2. The SMILES string of the molecule is CC(c1ccccc1Cl)N(C)C(=O)c1cccnc1Cl. The van der Waals surface area contributed by atoms with E-state index in [1.807, 2.05) is 31.2 Å². The Bertz CT molecular complexity index is 631. The van der Waals surface area contributed by atoms with Crippen LogP contribution in [-0.2, 0) is 0 Å². The Balaban J connectivity index is 2.28. The van der Waals surface area contributed by atoms with Crippen molar-refractivity contribution in [2.75, 3.05) is 7.05 Å². The normalized spacial score (nSPS) is 12.0. The van der Waals surface area contributed by atoms with Gasteiger partial charge in [0.25, 0.3) is 5.91 Å². The first-order chi connectivity index (χ1) is 9.52. The van der Waals surface area contributed by atoms with Crippen molar-refractivity contribution in [1.82, 2.24) is 9.88 Å². The predicted molar refractivity (Wildman–Crippen MR) is 81.2 cm³/mol. The summed E-state index contributed by atoms with van der Waals surface area (Å²) in [5.74, 6) is -0.185. The summed E-state index contributed by atoms with van der Waals surface area (Å²) in [5, 5.41) is 0.840. The summed E-state index contributed by atoms with van der Waals surface area (Å²) in [6, 6.07) is 10.7. The standard InChI is InChI=1S/C15H14Cl2N2O/c1-10(11-6-3-4-8-13(11)16)19(2)15(20)12-7-5-9-18-14(12)17/h3-10H,1-2H3. The van der Waals surface area contributed by atoms with Gasteiger partial charge in [0, 0.05) is 18.3 Å².